The van der Waals surface area contributed by atoms with E-state index < -0.39 is 22.9 Å². The summed E-state index contributed by atoms with van der Waals surface area (Å²) >= 11 is 0. The molecule has 0 radical (unpaired) electrons. The van der Waals surface area contributed by atoms with E-state index in [9.17, 15) is 21.6 Å². The van der Waals surface area contributed by atoms with Crippen LogP contribution < -0.4 is 5.32 Å². The van der Waals surface area contributed by atoms with Crippen LogP contribution in [0.15, 0.2) is 0 Å². The van der Waals surface area contributed by atoms with Crippen LogP contribution in [0.4, 0.5) is 13.2 Å². The van der Waals surface area contributed by atoms with Crippen molar-refractivity contribution < 1.29 is 21.6 Å². The van der Waals surface area contributed by atoms with Crippen LogP contribution in [0.3, 0.4) is 0 Å². The van der Waals surface area contributed by atoms with Crippen molar-refractivity contribution in [1.29, 1.82) is 0 Å². The Morgan fingerprint density at radius 1 is 1.37 bits per heavy atom. The van der Waals surface area contributed by atoms with Gasteiger partial charge in [-0.05, 0) is 19.9 Å². The molecule has 1 N–H and O–H groups in total. The zero-order valence-corrected chi connectivity index (χ0v) is 11.9. The molecule has 1 aliphatic heterocycles. The quantitative estimate of drug-likeness (QED) is 0.817. The number of halogens is 3. The fourth-order valence-corrected chi connectivity index (χ4v) is 3.81. The first-order valence-corrected chi connectivity index (χ1v) is 7.52. The Morgan fingerprint density at radius 2 is 2.00 bits per heavy atom. The van der Waals surface area contributed by atoms with Crippen LogP contribution in [-0.2, 0) is 10.2 Å². The van der Waals surface area contributed by atoms with Crippen LogP contribution in [0.2, 0.25) is 0 Å². The molecule has 9 heteroatoms. The Hall–Kier alpha value is -0.380. The Balaban J connectivity index is 2.84. The third kappa shape index (κ3) is 4.59. The molecule has 19 heavy (non-hydrogen) atoms. The number of rotatable bonds is 5. The fraction of sp³-hybridized carbons (Fsp3) is 1.00. The molecular weight excluding hydrogens is 283 g/mol. The highest BCUT2D eigenvalue weighted by molar-refractivity contribution is 7.86. The number of likely N-dealkylation sites (N-methyl/N-ethyl adjacent to an activating group) is 1. The van der Waals surface area contributed by atoms with Crippen molar-refractivity contribution in [3.05, 3.63) is 0 Å². The Bertz CT molecular complexity index is 384. The first kappa shape index (κ1) is 16.7. The van der Waals surface area contributed by atoms with Crippen LogP contribution in [0.25, 0.3) is 0 Å². The van der Waals surface area contributed by atoms with Gasteiger partial charge in [0.05, 0.1) is 0 Å². The van der Waals surface area contributed by atoms with Gasteiger partial charge >= 0.3 is 6.18 Å². The minimum Gasteiger partial charge on any atom is -0.318 e. The van der Waals surface area contributed by atoms with Gasteiger partial charge in [-0.2, -0.15) is 30.2 Å². The third-order valence-electron chi connectivity index (χ3n) is 3.11. The molecule has 0 amide bonds. The van der Waals surface area contributed by atoms with Gasteiger partial charge in [0, 0.05) is 26.2 Å². The molecule has 114 valence electrons. The van der Waals surface area contributed by atoms with Crippen molar-refractivity contribution in [3.8, 4) is 0 Å². The van der Waals surface area contributed by atoms with E-state index in [1.165, 1.54) is 4.31 Å². The van der Waals surface area contributed by atoms with E-state index in [4.69, 9.17) is 0 Å². The molecule has 0 saturated carbocycles. The van der Waals surface area contributed by atoms with E-state index in [0.717, 1.165) is 13.5 Å². The molecule has 1 heterocycles. The number of piperidine rings is 1. The van der Waals surface area contributed by atoms with E-state index >= 15 is 0 Å². The summed E-state index contributed by atoms with van der Waals surface area (Å²) in [5.74, 6) is 0. The number of alkyl halides is 3. The second kappa shape index (κ2) is 6.38. The number of nitrogens with one attached hydrogen (secondary N) is 1. The van der Waals surface area contributed by atoms with E-state index in [0.29, 0.717) is 23.7 Å². The van der Waals surface area contributed by atoms with Crippen molar-refractivity contribution in [3.63, 3.8) is 0 Å². The average molecular weight is 303 g/mol. The minimum atomic E-state index is -4.53. The second-order valence-corrected chi connectivity index (χ2v) is 6.69. The highest BCUT2D eigenvalue weighted by atomic mass is 32.2. The summed E-state index contributed by atoms with van der Waals surface area (Å²) in [6.45, 7) is -0.742. The van der Waals surface area contributed by atoms with Crippen molar-refractivity contribution in [2.24, 2.45) is 0 Å². The molecule has 1 unspecified atom stereocenters. The molecule has 0 aromatic rings. The van der Waals surface area contributed by atoms with E-state index in [1.54, 1.807) is 7.05 Å². The monoisotopic (exact) mass is 303 g/mol. The predicted molar refractivity (Wildman–Crippen MR) is 65.9 cm³/mol. The van der Waals surface area contributed by atoms with Gasteiger partial charge in [-0.1, -0.05) is 6.42 Å². The van der Waals surface area contributed by atoms with Gasteiger partial charge < -0.3 is 5.32 Å². The minimum absolute atomic E-state index is 0.275. The lowest BCUT2D eigenvalue weighted by Crippen LogP contribution is -2.53. The molecule has 5 nitrogen and oxygen atoms in total. The lowest BCUT2D eigenvalue weighted by Gasteiger charge is -2.37. The molecule has 0 aromatic carbocycles. The van der Waals surface area contributed by atoms with Gasteiger partial charge in [-0.15, -0.1) is 0 Å². The molecular formula is C10H20F3N3O2S. The summed E-state index contributed by atoms with van der Waals surface area (Å²) in [7, 11) is -1.40. The largest absolute Gasteiger partial charge is 0.402 e. The van der Waals surface area contributed by atoms with Crippen LogP contribution in [0.1, 0.15) is 19.3 Å². The standard InChI is InChI=1S/C10H20F3N3O2S/c1-14-7-9-5-3-4-6-16(9)19(17,18)15(2)8-10(11,12)13/h9,14H,3-8H2,1-2H3. The molecule has 1 atom stereocenters. The highest BCUT2D eigenvalue weighted by Gasteiger charge is 2.39. The van der Waals surface area contributed by atoms with Gasteiger partial charge in [0.1, 0.15) is 6.54 Å². The molecule has 0 aromatic heterocycles. The molecule has 1 fully saturated rings. The molecule has 0 bridgehead atoms. The summed E-state index contributed by atoms with van der Waals surface area (Å²) in [5, 5.41) is 2.88. The first-order chi connectivity index (χ1) is 8.68. The van der Waals surface area contributed by atoms with Crippen molar-refractivity contribution >= 4 is 10.2 Å². The normalized spacial score (nSPS) is 22.9. The molecule has 1 aliphatic rings. The fourth-order valence-electron chi connectivity index (χ4n) is 2.23. The van der Waals surface area contributed by atoms with Gasteiger partial charge in [-0.25, -0.2) is 0 Å². The third-order valence-corrected chi connectivity index (χ3v) is 5.10. The highest BCUT2D eigenvalue weighted by Crippen LogP contribution is 2.24. The summed E-state index contributed by atoms with van der Waals surface area (Å²) in [6, 6.07) is -0.278. The Morgan fingerprint density at radius 3 is 2.53 bits per heavy atom. The first-order valence-electron chi connectivity index (χ1n) is 6.13. The summed E-state index contributed by atoms with van der Waals surface area (Å²) in [4.78, 5) is 0. The van der Waals surface area contributed by atoms with Crippen molar-refractivity contribution in [2.45, 2.75) is 31.5 Å². The summed E-state index contributed by atoms with van der Waals surface area (Å²) < 4.78 is 62.8. The van der Waals surface area contributed by atoms with Crippen LogP contribution in [0, 0.1) is 0 Å². The number of hydrogen-bond donors (Lipinski definition) is 1. The van der Waals surface area contributed by atoms with Gasteiger partial charge in [0.2, 0.25) is 0 Å². The van der Waals surface area contributed by atoms with Crippen LogP contribution in [-0.4, -0.2) is 63.0 Å². The second-order valence-electron chi connectivity index (χ2n) is 4.70. The lowest BCUT2D eigenvalue weighted by molar-refractivity contribution is -0.134. The lowest BCUT2D eigenvalue weighted by atomic mass is 10.1. The predicted octanol–water partition coefficient (Wildman–Crippen LogP) is 0.799. The van der Waals surface area contributed by atoms with Crippen molar-refractivity contribution in [1.82, 2.24) is 13.9 Å². The molecule has 1 rings (SSSR count). The Kier molecular flexibility index (Phi) is 5.60. The van der Waals surface area contributed by atoms with Gasteiger partial charge in [-0.3, -0.25) is 0 Å². The van der Waals surface area contributed by atoms with E-state index in [2.05, 4.69) is 5.32 Å². The Labute approximate surface area is 111 Å². The molecule has 0 spiro atoms. The SMILES string of the molecule is CNCC1CCCCN1S(=O)(=O)N(C)CC(F)(F)F. The van der Waals surface area contributed by atoms with E-state index in [-0.39, 0.29) is 12.6 Å². The maximum atomic E-state index is 12.3. The molecule has 0 aliphatic carbocycles. The van der Waals surface area contributed by atoms with Gasteiger partial charge in [0.25, 0.3) is 10.2 Å². The van der Waals surface area contributed by atoms with Gasteiger partial charge in [0.15, 0.2) is 0 Å². The maximum Gasteiger partial charge on any atom is 0.402 e. The molecule has 1 saturated heterocycles. The van der Waals surface area contributed by atoms with E-state index in [1.807, 2.05) is 0 Å². The smallest absolute Gasteiger partial charge is 0.318 e. The van der Waals surface area contributed by atoms with Crippen LogP contribution in [0.5, 0.6) is 0 Å². The maximum absolute atomic E-state index is 12.3. The zero-order valence-electron chi connectivity index (χ0n) is 11.1. The van der Waals surface area contributed by atoms with Crippen molar-refractivity contribution in [2.75, 3.05) is 33.7 Å². The summed E-state index contributed by atoms with van der Waals surface area (Å²) in [6.07, 6.45) is -2.29. The zero-order chi connectivity index (χ0) is 14.7. The summed E-state index contributed by atoms with van der Waals surface area (Å²) in [5.41, 5.74) is 0. The topological polar surface area (TPSA) is 52.7 Å². The average Bonchev–Trinajstić information content (AvgIpc) is 2.27. The number of nitrogens with zero attached hydrogens (tertiary/aromatic N) is 2. The number of hydrogen-bond acceptors (Lipinski definition) is 3. The van der Waals surface area contributed by atoms with Crippen LogP contribution >= 0.6 is 0 Å².